The Hall–Kier alpha value is -5.19. The first-order valence-electron chi connectivity index (χ1n) is 19.6. The van der Waals surface area contributed by atoms with Gasteiger partial charge in [0.2, 0.25) is 0 Å². The van der Waals surface area contributed by atoms with Crippen molar-refractivity contribution in [1.29, 1.82) is 0 Å². The molecule has 0 aromatic heterocycles. The van der Waals surface area contributed by atoms with Gasteiger partial charge >= 0.3 is 0 Å². The summed E-state index contributed by atoms with van der Waals surface area (Å²) in [6.07, 6.45) is 19.7. The van der Waals surface area contributed by atoms with Crippen LogP contribution >= 0.6 is 11.8 Å². The second kappa shape index (κ2) is 13.0. The lowest BCUT2D eigenvalue weighted by molar-refractivity contribution is 0.259. The Bertz CT molecular complexity index is 2550. The number of hydrogen-bond acceptors (Lipinski definition) is 3. The molecule has 1 saturated heterocycles. The van der Waals surface area contributed by atoms with Crippen LogP contribution in [0.15, 0.2) is 186 Å². The van der Waals surface area contributed by atoms with Crippen molar-refractivity contribution in [3.05, 3.63) is 209 Å². The van der Waals surface area contributed by atoms with Gasteiger partial charge in [-0.1, -0.05) is 169 Å². The molecule has 2 nitrogen and oxygen atoms in total. The number of fused-ring (bicyclic) bond motifs is 7. The van der Waals surface area contributed by atoms with Crippen molar-refractivity contribution in [2.45, 2.75) is 53.1 Å². The maximum atomic E-state index is 4.17. The molecule has 0 spiro atoms. The topological polar surface area (TPSA) is 24.1 Å². The lowest BCUT2D eigenvalue weighted by Gasteiger charge is -2.43. The standard InChI is InChI=1S/C51H42N2S/c1-5-17-33(18-6-1)45-39-26-14-13-21-35(39)31-43-46(45)40-30-29-36(32-42(40)51(43,37-22-9-3-10-23-37)38-24-11-4-12-25-38)47-49-48(41-27-15-16-28-44(41)54-49)53-50(52-47)34-19-7-2-8-20-34/h1-11,13-22,24,26-32,37,47-50,52-53H,12,23,25H2. The zero-order chi connectivity index (χ0) is 35.6. The first-order valence-corrected chi connectivity index (χ1v) is 20.5. The molecule has 0 saturated carbocycles. The number of thioether (sulfide) groups is 1. The summed E-state index contributed by atoms with van der Waals surface area (Å²) in [5.41, 5.74) is 13.6. The summed E-state index contributed by atoms with van der Waals surface area (Å²) in [5.74, 6) is 0.288. The van der Waals surface area contributed by atoms with Crippen LogP contribution in [0.2, 0.25) is 0 Å². The van der Waals surface area contributed by atoms with Gasteiger partial charge in [-0.2, -0.15) is 0 Å². The van der Waals surface area contributed by atoms with Crippen LogP contribution in [-0.2, 0) is 5.41 Å². The highest BCUT2D eigenvalue weighted by Crippen LogP contribution is 2.63. The van der Waals surface area contributed by atoms with Crippen LogP contribution in [0.3, 0.4) is 0 Å². The summed E-state index contributed by atoms with van der Waals surface area (Å²) in [7, 11) is 0. The predicted molar refractivity (Wildman–Crippen MR) is 225 cm³/mol. The molecule has 262 valence electrons. The highest BCUT2D eigenvalue weighted by Gasteiger charge is 2.52. The van der Waals surface area contributed by atoms with E-state index in [0.29, 0.717) is 5.25 Å². The van der Waals surface area contributed by atoms with Crippen LogP contribution in [0.1, 0.15) is 65.3 Å². The summed E-state index contributed by atoms with van der Waals surface area (Å²) in [4.78, 5) is 1.39. The van der Waals surface area contributed by atoms with Crippen molar-refractivity contribution in [3.8, 4) is 22.3 Å². The van der Waals surface area contributed by atoms with E-state index in [-0.39, 0.29) is 29.6 Å². The van der Waals surface area contributed by atoms with Gasteiger partial charge in [-0.05, 0) is 98.2 Å². The van der Waals surface area contributed by atoms with E-state index in [9.17, 15) is 0 Å². The normalized spacial score (nSPS) is 26.2. The van der Waals surface area contributed by atoms with Crippen molar-refractivity contribution in [1.82, 2.24) is 10.6 Å². The first-order chi connectivity index (χ1) is 26.8. The second-order valence-electron chi connectivity index (χ2n) is 15.4. The van der Waals surface area contributed by atoms with Crippen LogP contribution < -0.4 is 10.6 Å². The van der Waals surface area contributed by atoms with Crippen molar-refractivity contribution in [2.24, 2.45) is 5.92 Å². The molecule has 0 bridgehead atoms. The van der Waals surface area contributed by atoms with Crippen LogP contribution in [-0.4, -0.2) is 5.25 Å². The van der Waals surface area contributed by atoms with Crippen LogP contribution in [0.5, 0.6) is 0 Å². The molecule has 54 heavy (non-hydrogen) atoms. The van der Waals surface area contributed by atoms with Gasteiger partial charge in [-0.3, -0.25) is 10.6 Å². The molecule has 2 N–H and O–H groups in total. The monoisotopic (exact) mass is 714 g/mol. The Kier molecular flexibility index (Phi) is 7.76. The molecular weight excluding hydrogens is 673 g/mol. The fourth-order valence-electron chi connectivity index (χ4n) is 10.4. The summed E-state index contributed by atoms with van der Waals surface area (Å²) in [6.45, 7) is 0. The molecule has 5 aliphatic rings. The van der Waals surface area contributed by atoms with Gasteiger partial charge in [-0.15, -0.1) is 11.8 Å². The van der Waals surface area contributed by atoms with Gasteiger partial charge in [0.05, 0.1) is 6.17 Å². The molecule has 2 heterocycles. The van der Waals surface area contributed by atoms with Crippen molar-refractivity contribution >= 4 is 22.5 Å². The highest BCUT2D eigenvalue weighted by atomic mass is 32.2. The molecule has 6 aromatic carbocycles. The minimum absolute atomic E-state index is 0.0343. The predicted octanol–water partition coefficient (Wildman–Crippen LogP) is 12.3. The number of nitrogens with one attached hydrogen (secondary N) is 2. The largest absolute Gasteiger partial charge is 0.290 e. The molecule has 3 heteroatoms. The maximum absolute atomic E-state index is 4.17. The Morgan fingerprint density at radius 3 is 2.26 bits per heavy atom. The van der Waals surface area contributed by atoms with Crippen LogP contribution in [0, 0.1) is 5.92 Å². The second-order valence-corrected chi connectivity index (χ2v) is 16.7. The van der Waals surface area contributed by atoms with E-state index in [1.165, 1.54) is 71.3 Å². The molecular formula is C51H42N2S. The lowest BCUT2D eigenvalue weighted by atomic mass is 9.60. The Balaban J connectivity index is 1.18. The quantitative estimate of drug-likeness (QED) is 0.186. The van der Waals surface area contributed by atoms with Crippen LogP contribution in [0.25, 0.3) is 33.0 Å². The lowest BCUT2D eigenvalue weighted by Crippen LogP contribution is -2.50. The number of benzene rings is 6. The van der Waals surface area contributed by atoms with Gasteiger partial charge in [0, 0.05) is 27.6 Å². The van der Waals surface area contributed by atoms with E-state index in [1.807, 2.05) is 11.8 Å². The molecule has 6 atom stereocenters. The molecule has 1 fully saturated rings. The minimum Gasteiger partial charge on any atom is -0.290 e. The van der Waals surface area contributed by atoms with Gasteiger partial charge in [0.25, 0.3) is 0 Å². The summed E-state index contributed by atoms with van der Waals surface area (Å²) in [5, 5.41) is 11.2. The Labute approximate surface area is 322 Å². The third-order valence-electron chi connectivity index (χ3n) is 12.7. The van der Waals surface area contributed by atoms with E-state index in [4.69, 9.17) is 0 Å². The molecule has 0 amide bonds. The fraction of sp³-hybridized carbons (Fsp3) is 0.176. The Morgan fingerprint density at radius 1 is 0.630 bits per heavy atom. The third-order valence-corrected chi connectivity index (χ3v) is 14.1. The van der Waals surface area contributed by atoms with E-state index >= 15 is 0 Å². The Morgan fingerprint density at radius 2 is 1.43 bits per heavy atom. The van der Waals surface area contributed by atoms with Gasteiger partial charge in [0.15, 0.2) is 0 Å². The first kappa shape index (κ1) is 32.3. The third kappa shape index (κ3) is 4.88. The van der Waals surface area contributed by atoms with E-state index in [1.54, 1.807) is 0 Å². The van der Waals surface area contributed by atoms with Crippen molar-refractivity contribution in [2.75, 3.05) is 0 Å². The molecule has 6 unspecified atom stereocenters. The molecule has 2 aliphatic heterocycles. The van der Waals surface area contributed by atoms with E-state index < -0.39 is 0 Å². The van der Waals surface area contributed by atoms with Crippen molar-refractivity contribution in [3.63, 3.8) is 0 Å². The summed E-state index contributed by atoms with van der Waals surface area (Å²) in [6, 6.07) is 50.7. The average Bonchev–Trinajstić information content (AvgIpc) is 3.77. The van der Waals surface area contributed by atoms with E-state index in [0.717, 1.165) is 19.3 Å². The van der Waals surface area contributed by atoms with E-state index in [2.05, 4.69) is 187 Å². The SMILES string of the molecule is C1=CCCC(C2(C3C=CC=CC3)c3cc(C4NC(c5ccccc5)NC5c6ccccc6SC45)ccc3-c3c2cc2ccccc2c3-c2ccccc2)=C1. The number of rotatable bonds is 5. The average molecular weight is 715 g/mol. The zero-order valence-electron chi connectivity index (χ0n) is 30.2. The molecule has 6 aromatic rings. The molecule has 11 rings (SSSR count). The fourth-order valence-corrected chi connectivity index (χ4v) is 11.9. The van der Waals surface area contributed by atoms with Crippen LogP contribution in [0.4, 0.5) is 0 Å². The number of allylic oxidation sites excluding steroid dienone is 8. The zero-order valence-corrected chi connectivity index (χ0v) is 31.0. The summed E-state index contributed by atoms with van der Waals surface area (Å²) < 4.78 is 0. The molecule has 3 aliphatic carbocycles. The maximum Gasteiger partial charge on any atom is 0.0845 e. The van der Waals surface area contributed by atoms with Gasteiger partial charge < -0.3 is 0 Å². The highest BCUT2D eigenvalue weighted by molar-refractivity contribution is 8.00. The van der Waals surface area contributed by atoms with Gasteiger partial charge in [-0.25, -0.2) is 0 Å². The van der Waals surface area contributed by atoms with Gasteiger partial charge in [0.1, 0.15) is 0 Å². The smallest absolute Gasteiger partial charge is 0.0845 e. The number of hydrogen-bond donors (Lipinski definition) is 2. The minimum atomic E-state index is -0.308. The molecule has 0 radical (unpaired) electrons. The van der Waals surface area contributed by atoms with Crippen molar-refractivity contribution < 1.29 is 0 Å². The summed E-state index contributed by atoms with van der Waals surface area (Å²) >= 11 is 2.03.